The fraction of sp³-hybridized carbons (Fsp3) is 0.812. The number of likely N-dealkylation sites (tertiary alicyclic amines) is 2. The zero-order valence-corrected chi connectivity index (χ0v) is 13.4. The molecule has 6 heteroatoms. The second-order valence-electron chi connectivity index (χ2n) is 7.41. The van der Waals surface area contributed by atoms with E-state index in [1.165, 1.54) is 0 Å². The van der Waals surface area contributed by atoms with Gasteiger partial charge < -0.3 is 9.42 Å². The van der Waals surface area contributed by atoms with Crippen LogP contribution in [0, 0.1) is 18.3 Å². The number of carbonyl (C=O) groups is 1. The summed E-state index contributed by atoms with van der Waals surface area (Å²) < 4.78 is 5.38. The maximum atomic E-state index is 12.2. The molecule has 120 valence electrons. The number of rotatable bonds is 2. The first-order valence-corrected chi connectivity index (χ1v) is 8.36. The summed E-state index contributed by atoms with van der Waals surface area (Å²) >= 11 is 0. The summed E-state index contributed by atoms with van der Waals surface area (Å²) in [6, 6.07) is 0.229. The minimum absolute atomic E-state index is 0.229. The summed E-state index contributed by atoms with van der Waals surface area (Å²) in [5, 5.41) is 3.93. The van der Waals surface area contributed by atoms with E-state index >= 15 is 0 Å². The molecule has 0 bridgehead atoms. The number of hydrogen-bond donors (Lipinski definition) is 0. The number of hydrogen-bond acceptors (Lipinski definition) is 5. The molecule has 2 saturated heterocycles. The van der Waals surface area contributed by atoms with Crippen LogP contribution in [0.5, 0.6) is 0 Å². The first-order valence-electron chi connectivity index (χ1n) is 8.36. The van der Waals surface area contributed by atoms with Gasteiger partial charge in [-0.3, -0.25) is 9.69 Å². The smallest absolute Gasteiger partial charge is 0.243 e. The van der Waals surface area contributed by atoms with E-state index in [1.54, 1.807) is 0 Å². The molecule has 1 aromatic rings. The first kappa shape index (κ1) is 14.2. The van der Waals surface area contributed by atoms with Gasteiger partial charge in [0.1, 0.15) is 0 Å². The zero-order chi connectivity index (χ0) is 15.3. The summed E-state index contributed by atoms with van der Waals surface area (Å²) in [5.41, 5.74) is 0.308. The molecule has 1 amide bonds. The molecule has 2 aliphatic heterocycles. The van der Waals surface area contributed by atoms with Crippen molar-refractivity contribution in [2.75, 3.05) is 26.7 Å². The molecule has 0 aromatic carbocycles. The molecule has 0 radical (unpaired) electrons. The van der Waals surface area contributed by atoms with Crippen molar-refractivity contribution in [3.63, 3.8) is 0 Å². The van der Waals surface area contributed by atoms with E-state index in [1.807, 2.05) is 6.92 Å². The molecule has 6 nitrogen and oxygen atoms in total. The quantitative estimate of drug-likeness (QED) is 0.833. The van der Waals surface area contributed by atoms with E-state index in [2.05, 4.69) is 27.0 Å². The molecule has 22 heavy (non-hydrogen) atoms. The Morgan fingerprint density at radius 3 is 2.64 bits per heavy atom. The second-order valence-corrected chi connectivity index (χ2v) is 7.41. The van der Waals surface area contributed by atoms with Crippen molar-refractivity contribution in [3.8, 4) is 0 Å². The Morgan fingerprint density at radius 2 is 2.05 bits per heavy atom. The Balaban J connectivity index is 1.42. The Hall–Kier alpha value is -1.43. The SMILES string of the molecule is Cc1noc(C2CC3(CCN(C(=O)C4CC4)CC3)CN2C)n1. The molecule has 1 unspecified atom stereocenters. The van der Waals surface area contributed by atoms with Gasteiger partial charge in [-0.05, 0) is 51.5 Å². The van der Waals surface area contributed by atoms with Crippen molar-refractivity contribution in [1.82, 2.24) is 19.9 Å². The standard InChI is InChI=1S/C16H24N4O2/c1-11-17-14(22-18-11)13-9-16(10-19(13)2)5-7-20(8-6-16)15(21)12-3-4-12/h12-13H,3-10H2,1-2H3. The van der Waals surface area contributed by atoms with Crippen LogP contribution in [-0.4, -0.2) is 52.5 Å². The fourth-order valence-corrected chi connectivity index (χ4v) is 4.15. The highest BCUT2D eigenvalue weighted by Crippen LogP contribution is 2.48. The van der Waals surface area contributed by atoms with E-state index in [0.717, 1.165) is 57.6 Å². The van der Waals surface area contributed by atoms with Crippen molar-refractivity contribution in [1.29, 1.82) is 0 Å². The van der Waals surface area contributed by atoms with Gasteiger partial charge in [0.2, 0.25) is 11.8 Å². The van der Waals surface area contributed by atoms with Crippen LogP contribution in [0.3, 0.4) is 0 Å². The molecule has 1 spiro atoms. The third-order valence-electron chi connectivity index (χ3n) is 5.63. The second kappa shape index (κ2) is 5.05. The van der Waals surface area contributed by atoms with Crippen molar-refractivity contribution in [2.45, 2.75) is 45.1 Å². The van der Waals surface area contributed by atoms with Crippen molar-refractivity contribution in [2.24, 2.45) is 11.3 Å². The highest BCUT2D eigenvalue weighted by Gasteiger charge is 2.47. The van der Waals surface area contributed by atoms with Gasteiger partial charge in [-0.2, -0.15) is 4.98 Å². The summed E-state index contributed by atoms with van der Waals surface area (Å²) in [6.45, 7) is 4.75. The molecule has 3 fully saturated rings. The minimum Gasteiger partial charge on any atom is -0.342 e. The average molecular weight is 304 g/mol. The average Bonchev–Trinajstić information content (AvgIpc) is 3.19. The van der Waals surface area contributed by atoms with Crippen LogP contribution in [0.1, 0.15) is 49.9 Å². The van der Waals surface area contributed by atoms with E-state index < -0.39 is 0 Å². The molecule has 1 saturated carbocycles. The lowest BCUT2D eigenvalue weighted by molar-refractivity contribution is -0.134. The third-order valence-corrected chi connectivity index (χ3v) is 5.63. The van der Waals surface area contributed by atoms with Crippen LogP contribution in [-0.2, 0) is 4.79 Å². The molecular weight excluding hydrogens is 280 g/mol. The lowest BCUT2D eigenvalue weighted by atomic mass is 9.76. The molecule has 4 rings (SSSR count). The van der Waals surface area contributed by atoms with Gasteiger partial charge >= 0.3 is 0 Å². The van der Waals surface area contributed by atoms with Gasteiger partial charge in [0.25, 0.3) is 0 Å². The van der Waals surface area contributed by atoms with Gasteiger partial charge in [-0.15, -0.1) is 0 Å². The molecular formula is C16H24N4O2. The van der Waals surface area contributed by atoms with Crippen LogP contribution < -0.4 is 0 Å². The number of piperidine rings is 1. The van der Waals surface area contributed by atoms with Crippen LogP contribution in [0.15, 0.2) is 4.52 Å². The summed E-state index contributed by atoms with van der Waals surface area (Å²) in [5.74, 6) is 2.18. The third kappa shape index (κ3) is 2.43. The molecule has 1 atom stereocenters. The number of aryl methyl sites for hydroxylation is 1. The highest BCUT2D eigenvalue weighted by molar-refractivity contribution is 5.81. The molecule has 3 aliphatic rings. The van der Waals surface area contributed by atoms with E-state index in [0.29, 0.717) is 23.1 Å². The minimum atomic E-state index is 0.229. The summed E-state index contributed by atoms with van der Waals surface area (Å²) in [4.78, 5) is 21.0. The predicted octanol–water partition coefficient (Wildman–Crippen LogP) is 1.77. The largest absolute Gasteiger partial charge is 0.342 e. The Labute approximate surface area is 130 Å². The van der Waals surface area contributed by atoms with Crippen LogP contribution in [0.2, 0.25) is 0 Å². The van der Waals surface area contributed by atoms with Gasteiger partial charge in [0.05, 0.1) is 6.04 Å². The molecule has 0 N–H and O–H groups in total. The summed E-state index contributed by atoms with van der Waals surface area (Å²) in [6.07, 6.45) is 5.46. The topological polar surface area (TPSA) is 62.5 Å². The monoisotopic (exact) mass is 304 g/mol. The lowest BCUT2D eigenvalue weighted by Crippen LogP contribution is -2.44. The molecule has 3 heterocycles. The summed E-state index contributed by atoms with van der Waals surface area (Å²) in [7, 11) is 2.14. The maximum absolute atomic E-state index is 12.2. The predicted molar refractivity (Wildman–Crippen MR) is 80.0 cm³/mol. The van der Waals surface area contributed by atoms with Crippen LogP contribution >= 0.6 is 0 Å². The van der Waals surface area contributed by atoms with Crippen LogP contribution in [0.4, 0.5) is 0 Å². The van der Waals surface area contributed by atoms with E-state index in [-0.39, 0.29) is 6.04 Å². The number of aromatic nitrogens is 2. The molecule has 1 aromatic heterocycles. The van der Waals surface area contributed by atoms with Crippen LogP contribution in [0.25, 0.3) is 0 Å². The molecule has 1 aliphatic carbocycles. The van der Waals surface area contributed by atoms with Crippen molar-refractivity contribution < 1.29 is 9.32 Å². The Morgan fingerprint density at radius 1 is 1.32 bits per heavy atom. The highest BCUT2D eigenvalue weighted by atomic mass is 16.5. The van der Waals surface area contributed by atoms with Crippen molar-refractivity contribution in [3.05, 3.63) is 11.7 Å². The Bertz CT molecular complexity index is 572. The maximum Gasteiger partial charge on any atom is 0.243 e. The van der Waals surface area contributed by atoms with Gasteiger partial charge in [0, 0.05) is 25.6 Å². The lowest BCUT2D eigenvalue weighted by Gasteiger charge is -2.39. The van der Waals surface area contributed by atoms with E-state index in [9.17, 15) is 4.79 Å². The van der Waals surface area contributed by atoms with Gasteiger partial charge in [0.15, 0.2) is 5.82 Å². The zero-order valence-electron chi connectivity index (χ0n) is 13.4. The Kier molecular flexibility index (Phi) is 3.25. The number of amides is 1. The van der Waals surface area contributed by atoms with Gasteiger partial charge in [-0.1, -0.05) is 5.16 Å². The van der Waals surface area contributed by atoms with E-state index in [4.69, 9.17) is 4.52 Å². The first-order chi connectivity index (χ1) is 10.6. The normalized spacial score (nSPS) is 28.5. The van der Waals surface area contributed by atoms with Crippen molar-refractivity contribution >= 4 is 5.91 Å². The fourth-order valence-electron chi connectivity index (χ4n) is 4.15. The number of nitrogens with zero attached hydrogens (tertiary/aromatic N) is 4. The van der Waals surface area contributed by atoms with Gasteiger partial charge in [-0.25, -0.2) is 0 Å². The number of carbonyl (C=O) groups excluding carboxylic acids is 1.